The molecule has 132 heavy (non-hydrogen) atoms. The van der Waals surface area contributed by atoms with Gasteiger partial charge in [-0.1, -0.05) is 279 Å². The van der Waals surface area contributed by atoms with Crippen molar-refractivity contribution in [3.63, 3.8) is 0 Å². The summed E-state index contributed by atoms with van der Waals surface area (Å²) in [5.41, 5.74) is 36.1. The van der Waals surface area contributed by atoms with Crippen molar-refractivity contribution < 1.29 is 0 Å². The highest BCUT2D eigenvalue weighted by Crippen LogP contribution is 2.47. The molecule has 8 heteroatoms. The second-order valence-electron chi connectivity index (χ2n) is 34.8. The fourth-order valence-electron chi connectivity index (χ4n) is 21.3. The van der Waals surface area contributed by atoms with Gasteiger partial charge in [0, 0.05) is 104 Å². The summed E-state index contributed by atoms with van der Waals surface area (Å²) in [7, 11) is 0. The number of hydrogen-bond donors (Lipinski definition) is 0. The number of para-hydroxylation sites is 8. The van der Waals surface area contributed by atoms with Crippen LogP contribution in [-0.2, 0) is 0 Å². The molecule has 7 aromatic heterocycles. The molecule has 0 bridgehead atoms. The fraction of sp³-hybridized carbons (Fsp3) is 0. The standard InChI is InChI=1S/C124H78N8/c1-6-26-79(27-7-1)80-48-50-81(51-49-80)82-28-24-29-91(68-82)110-78-111(126-124(125-110)132-122-66-58-89(85-54-62-118-104(72-85)100-42-18-22-46-114(100)129(118)95-35-12-4-13-36-95)76-108(122)109-77-90(59-67-123(109)132)86-55-63-119-105(73-86)101-43-19-23-47-115(101)130(119)96-37-14-5-15-38-96)92-30-25-39-97(69-92)131-120-64-56-87(83-52-60-116-102(70-83)98-40-16-20-44-112(98)127(116)93-31-8-2-9-32-93)74-106(120)107-75-88(57-65-121(107)131)84-53-61-117-103(71-84)99-41-17-21-45-113(99)128(117)94-33-10-3-11-34-94/h1-78H. The largest absolute Gasteiger partial charge is 0.309 e. The second-order valence-corrected chi connectivity index (χ2v) is 34.8. The summed E-state index contributed by atoms with van der Waals surface area (Å²) in [5, 5.41) is 14.1. The molecule has 27 rings (SSSR count). The molecule has 0 saturated heterocycles. The number of rotatable bonds is 14. The van der Waals surface area contributed by atoms with Gasteiger partial charge in [0.1, 0.15) is 0 Å². The average molecular weight is 1680 g/mol. The van der Waals surface area contributed by atoms with Crippen LogP contribution in [0.2, 0.25) is 0 Å². The third-order valence-electron chi connectivity index (χ3n) is 27.4. The Hall–Kier alpha value is -17.7. The molecule has 0 spiro atoms. The van der Waals surface area contributed by atoms with Gasteiger partial charge in [-0.3, -0.25) is 4.57 Å². The van der Waals surface area contributed by atoms with Gasteiger partial charge in [-0.2, -0.15) is 0 Å². The van der Waals surface area contributed by atoms with Crippen molar-refractivity contribution in [2.75, 3.05) is 0 Å². The number of aromatic nitrogens is 8. The zero-order valence-corrected chi connectivity index (χ0v) is 71.6. The summed E-state index contributed by atoms with van der Waals surface area (Å²) >= 11 is 0. The summed E-state index contributed by atoms with van der Waals surface area (Å²) in [6, 6.07) is 174. The highest BCUT2D eigenvalue weighted by Gasteiger charge is 2.26. The maximum atomic E-state index is 5.92. The third kappa shape index (κ3) is 12.0. The highest BCUT2D eigenvalue weighted by molar-refractivity contribution is 6.18. The van der Waals surface area contributed by atoms with E-state index in [1.165, 1.54) is 87.3 Å². The highest BCUT2D eigenvalue weighted by atomic mass is 15.2. The lowest BCUT2D eigenvalue weighted by Gasteiger charge is -2.14. The van der Waals surface area contributed by atoms with Crippen LogP contribution < -0.4 is 0 Å². The van der Waals surface area contributed by atoms with Gasteiger partial charge in [0.05, 0.1) is 77.6 Å². The van der Waals surface area contributed by atoms with Gasteiger partial charge < -0.3 is 22.8 Å². The van der Waals surface area contributed by atoms with E-state index in [1.54, 1.807) is 0 Å². The Kier molecular flexibility index (Phi) is 16.9. The average Bonchev–Trinajstić information content (AvgIpc) is 1.57. The minimum atomic E-state index is 0.554. The van der Waals surface area contributed by atoms with Crippen molar-refractivity contribution in [1.29, 1.82) is 0 Å². The first-order valence-electron chi connectivity index (χ1n) is 45.2. The van der Waals surface area contributed by atoms with Crippen molar-refractivity contribution in [3.8, 4) is 124 Å². The Morgan fingerprint density at radius 3 is 0.629 bits per heavy atom. The van der Waals surface area contributed by atoms with Gasteiger partial charge in [-0.25, -0.2) is 9.97 Å². The van der Waals surface area contributed by atoms with E-state index in [-0.39, 0.29) is 0 Å². The first kappa shape index (κ1) is 74.5. The lowest BCUT2D eigenvalue weighted by Crippen LogP contribution is -2.04. The molecule has 27 aromatic rings. The lowest BCUT2D eigenvalue weighted by atomic mass is 9.98. The molecule has 0 unspecified atom stereocenters. The van der Waals surface area contributed by atoms with Crippen molar-refractivity contribution in [2.45, 2.75) is 0 Å². The molecule has 0 amide bonds. The van der Waals surface area contributed by atoms with Crippen LogP contribution in [-0.4, -0.2) is 37.4 Å². The Bertz CT molecular complexity index is 8950. The Morgan fingerprint density at radius 2 is 0.311 bits per heavy atom. The molecule has 20 aromatic carbocycles. The van der Waals surface area contributed by atoms with Crippen LogP contribution in [0.25, 0.3) is 254 Å². The van der Waals surface area contributed by atoms with Crippen LogP contribution in [0.15, 0.2) is 473 Å². The number of fused-ring (bicyclic) bond motifs is 18. The molecule has 0 aliphatic heterocycles. The molecule has 7 heterocycles. The first-order chi connectivity index (χ1) is 65.4. The summed E-state index contributed by atoms with van der Waals surface area (Å²) in [4.78, 5) is 11.8. The van der Waals surface area contributed by atoms with Crippen molar-refractivity contribution in [2.24, 2.45) is 0 Å². The van der Waals surface area contributed by atoms with E-state index in [0.717, 1.165) is 161 Å². The topological polar surface area (TPSA) is 55.4 Å². The van der Waals surface area contributed by atoms with Crippen LogP contribution in [0.4, 0.5) is 0 Å². The van der Waals surface area contributed by atoms with Crippen LogP contribution in [0.1, 0.15) is 0 Å². The minimum absolute atomic E-state index is 0.554. The smallest absolute Gasteiger partial charge is 0.235 e. The summed E-state index contributed by atoms with van der Waals surface area (Å²) < 4.78 is 14.3. The van der Waals surface area contributed by atoms with Gasteiger partial charge in [-0.15, -0.1) is 0 Å². The molecular formula is C124H78N8. The van der Waals surface area contributed by atoms with E-state index < -0.39 is 0 Å². The molecule has 0 aliphatic carbocycles. The van der Waals surface area contributed by atoms with Crippen LogP contribution in [0.5, 0.6) is 0 Å². The first-order valence-corrected chi connectivity index (χ1v) is 45.2. The molecule has 0 radical (unpaired) electrons. The zero-order chi connectivity index (χ0) is 86.6. The molecule has 0 aliphatic rings. The predicted molar refractivity (Wildman–Crippen MR) is 552 cm³/mol. The van der Waals surface area contributed by atoms with E-state index in [2.05, 4.69) is 501 Å². The summed E-state index contributed by atoms with van der Waals surface area (Å²) in [6.07, 6.45) is 0. The summed E-state index contributed by atoms with van der Waals surface area (Å²) in [6.45, 7) is 0. The Balaban J connectivity index is 0.654. The molecule has 0 N–H and O–H groups in total. The monoisotopic (exact) mass is 1680 g/mol. The Labute approximate surface area is 759 Å². The lowest BCUT2D eigenvalue weighted by molar-refractivity contribution is 0.995. The molecule has 8 nitrogen and oxygen atoms in total. The minimum Gasteiger partial charge on any atom is -0.309 e. The zero-order valence-electron chi connectivity index (χ0n) is 71.6. The quantitative estimate of drug-likeness (QED) is 0.109. The number of nitrogens with zero attached hydrogens (tertiary/aromatic N) is 8. The SMILES string of the molecule is c1ccc(-c2ccc(-c3cccc(-c4cc(-c5cccc(-n6c7ccc(-c8ccc9c(c8)c8ccccc8n9-c8ccccc8)cc7c7cc(-c8ccc9c(c8)c8ccccc8n9-c8ccccc8)ccc76)c5)nc(-n5c6ccc(-c7ccc8c(c7)c7ccccc7n8-c7ccccc7)cc6c6cc(-c7ccc8c(c7)c7ccccc7n8-c7ccccc7)ccc65)n4)c3)cc2)cc1. The van der Waals surface area contributed by atoms with E-state index in [4.69, 9.17) is 9.97 Å². The van der Waals surface area contributed by atoms with Crippen molar-refractivity contribution >= 4 is 131 Å². The van der Waals surface area contributed by atoms with Gasteiger partial charge in [0.2, 0.25) is 5.95 Å². The molecule has 0 atom stereocenters. The van der Waals surface area contributed by atoms with Crippen LogP contribution in [0, 0.1) is 0 Å². The number of benzene rings is 20. The van der Waals surface area contributed by atoms with E-state index in [9.17, 15) is 0 Å². The van der Waals surface area contributed by atoms with Gasteiger partial charge in [0.15, 0.2) is 0 Å². The van der Waals surface area contributed by atoms with Crippen LogP contribution >= 0.6 is 0 Å². The molecule has 0 saturated carbocycles. The van der Waals surface area contributed by atoms with Gasteiger partial charge >= 0.3 is 0 Å². The van der Waals surface area contributed by atoms with E-state index in [1.807, 2.05) is 0 Å². The van der Waals surface area contributed by atoms with Crippen molar-refractivity contribution in [1.82, 2.24) is 37.4 Å². The van der Waals surface area contributed by atoms with Gasteiger partial charge in [0.25, 0.3) is 0 Å². The molecule has 0 fully saturated rings. The predicted octanol–water partition coefficient (Wildman–Crippen LogP) is 32.4. The third-order valence-corrected chi connectivity index (χ3v) is 27.4. The maximum absolute atomic E-state index is 5.92. The van der Waals surface area contributed by atoms with E-state index in [0.29, 0.717) is 5.95 Å². The van der Waals surface area contributed by atoms with Crippen molar-refractivity contribution in [3.05, 3.63) is 473 Å². The van der Waals surface area contributed by atoms with E-state index >= 15 is 0 Å². The fourth-order valence-corrected chi connectivity index (χ4v) is 21.3. The molecular weight excluding hydrogens is 1600 g/mol. The maximum Gasteiger partial charge on any atom is 0.235 e. The molecule has 614 valence electrons. The van der Waals surface area contributed by atoms with Crippen LogP contribution in [0.3, 0.4) is 0 Å². The summed E-state index contributed by atoms with van der Waals surface area (Å²) in [5.74, 6) is 0.554. The Morgan fingerprint density at radius 1 is 0.114 bits per heavy atom. The normalized spacial score (nSPS) is 11.9. The number of hydrogen-bond acceptors (Lipinski definition) is 2. The van der Waals surface area contributed by atoms with Gasteiger partial charge in [-0.05, 0) is 261 Å². The second kappa shape index (κ2) is 30.0.